The SMILES string of the molecule is Cc1[nH]c2ccccc2c1/C=N/NC(=O)C1(C)CC1(Br)Br. The first kappa shape index (κ1) is 14.8. The Kier molecular flexibility index (Phi) is 3.48. The normalized spacial score (nSPS) is 23.6. The van der Waals surface area contributed by atoms with Gasteiger partial charge in [-0.15, -0.1) is 0 Å². The molecule has 1 aromatic carbocycles. The van der Waals surface area contributed by atoms with Crippen molar-refractivity contribution in [1.82, 2.24) is 10.4 Å². The lowest BCUT2D eigenvalue weighted by Crippen LogP contribution is -2.29. The number of aryl methyl sites for hydroxylation is 1. The van der Waals surface area contributed by atoms with Gasteiger partial charge in [-0.3, -0.25) is 4.79 Å². The highest BCUT2D eigenvalue weighted by Crippen LogP contribution is 2.66. The second kappa shape index (κ2) is 4.95. The summed E-state index contributed by atoms with van der Waals surface area (Å²) in [7, 11) is 0. The molecule has 1 heterocycles. The molecule has 1 atom stereocenters. The molecule has 110 valence electrons. The number of halogens is 2. The zero-order valence-electron chi connectivity index (χ0n) is 11.7. The minimum Gasteiger partial charge on any atom is -0.358 e. The predicted octanol–water partition coefficient (Wildman–Crippen LogP) is 3.82. The summed E-state index contributed by atoms with van der Waals surface area (Å²) >= 11 is 6.97. The molecule has 1 amide bonds. The number of nitrogens with zero attached hydrogens (tertiary/aromatic N) is 1. The average molecular weight is 413 g/mol. The molecule has 1 aromatic heterocycles. The van der Waals surface area contributed by atoms with E-state index < -0.39 is 5.41 Å². The van der Waals surface area contributed by atoms with Gasteiger partial charge in [-0.2, -0.15) is 5.10 Å². The van der Waals surface area contributed by atoms with Crippen molar-refractivity contribution in [3.63, 3.8) is 0 Å². The predicted molar refractivity (Wildman–Crippen MR) is 92.1 cm³/mol. The fraction of sp³-hybridized carbons (Fsp3) is 0.333. The van der Waals surface area contributed by atoms with Gasteiger partial charge >= 0.3 is 0 Å². The zero-order chi connectivity index (χ0) is 15.3. The maximum Gasteiger partial charge on any atom is 0.248 e. The van der Waals surface area contributed by atoms with Crippen molar-refractivity contribution in [2.75, 3.05) is 0 Å². The molecule has 21 heavy (non-hydrogen) atoms. The molecular weight excluding hydrogens is 398 g/mol. The highest BCUT2D eigenvalue weighted by Gasteiger charge is 2.66. The average Bonchev–Trinajstić information content (AvgIpc) is 2.79. The molecule has 3 rings (SSSR count). The van der Waals surface area contributed by atoms with E-state index in [1.807, 2.05) is 38.1 Å². The van der Waals surface area contributed by atoms with Crippen LogP contribution in [0.5, 0.6) is 0 Å². The Balaban J connectivity index is 1.77. The Labute approximate surface area is 139 Å². The molecule has 1 fully saturated rings. The van der Waals surface area contributed by atoms with Gasteiger partial charge in [0.1, 0.15) is 0 Å². The molecule has 6 heteroatoms. The number of para-hydroxylation sites is 1. The third-order valence-electron chi connectivity index (χ3n) is 4.06. The van der Waals surface area contributed by atoms with Crippen molar-refractivity contribution in [1.29, 1.82) is 0 Å². The van der Waals surface area contributed by atoms with Gasteiger partial charge in [0.15, 0.2) is 0 Å². The van der Waals surface area contributed by atoms with Gasteiger partial charge in [0.05, 0.1) is 14.9 Å². The lowest BCUT2D eigenvalue weighted by molar-refractivity contribution is -0.125. The monoisotopic (exact) mass is 411 g/mol. The molecule has 1 unspecified atom stereocenters. The van der Waals surface area contributed by atoms with Gasteiger partial charge in [-0.25, -0.2) is 5.43 Å². The molecule has 1 aliphatic rings. The van der Waals surface area contributed by atoms with Crippen LogP contribution < -0.4 is 5.43 Å². The largest absolute Gasteiger partial charge is 0.358 e. The number of H-pyrrole nitrogens is 1. The Hall–Kier alpha value is -1.14. The van der Waals surface area contributed by atoms with Gasteiger partial charge in [0.2, 0.25) is 5.91 Å². The summed E-state index contributed by atoms with van der Waals surface area (Å²) in [6.07, 6.45) is 2.44. The number of hydrogen-bond acceptors (Lipinski definition) is 2. The van der Waals surface area contributed by atoms with Crippen molar-refractivity contribution in [2.24, 2.45) is 10.5 Å². The summed E-state index contributed by atoms with van der Waals surface area (Å²) in [4.78, 5) is 15.4. The first-order valence-electron chi connectivity index (χ1n) is 6.64. The quantitative estimate of drug-likeness (QED) is 0.449. The van der Waals surface area contributed by atoms with Gasteiger partial charge in [0.25, 0.3) is 0 Å². The molecular formula is C15H15Br2N3O. The van der Waals surface area contributed by atoms with Crippen LogP contribution in [-0.2, 0) is 4.79 Å². The van der Waals surface area contributed by atoms with E-state index in [4.69, 9.17) is 0 Å². The first-order chi connectivity index (χ1) is 9.85. The number of carbonyl (C=O) groups excluding carboxylic acids is 1. The number of hydrazone groups is 1. The van der Waals surface area contributed by atoms with Gasteiger partial charge in [-0.05, 0) is 26.3 Å². The van der Waals surface area contributed by atoms with E-state index in [-0.39, 0.29) is 9.14 Å². The van der Waals surface area contributed by atoms with Gasteiger partial charge < -0.3 is 4.98 Å². The number of fused-ring (bicyclic) bond motifs is 1. The third-order valence-corrected chi connectivity index (χ3v) is 6.37. The number of hydrogen-bond donors (Lipinski definition) is 2. The Morgan fingerprint density at radius 2 is 2.10 bits per heavy atom. The standard InChI is InChI=1S/C15H15Br2N3O/c1-9-11(10-5-3-4-6-12(10)19-9)7-18-20-13(21)14(2)8-15(14,16)17/h3-7,19H,8H2,1-2H3,(H,20,21)/b18-7+. The van der Waals surface area contributed by atoms with Crippen LogP contribution in [0, 0.1) is 12.3 Å². The molecule has 0 aliphatic heterocycles. The van der Waals surface area contributed by atoms with Crippen molar-refractivity contribution < 1.29 is 4.79 Å². The summed E-state index contributed by atoms with van der Waals surface area (Å²) in [5.74, 6) is -0.0926. The number of aromatic amines is 1. The van der Waals surface area contributed by atoms with Crippen LogP contribution in [0.1, 0.15) is 24.6 Å². The summed E-state index contributed by atoms with van der Waals surface area (Å²) in [6, 6.07) is 8.03. The summed E-state index contributed by atoms with van der Waals surface area (Å²) in [5.41, 5.74) is 5.26. The zero-order valence-corrected chi connectivity index (χ0v) is 14.9. The van der Waals surface area contributed by atoms with Crippen LogP contribution in [0.15, 0.2) is 29.4 Å². The first-order valence-corrected chi connectivity index (χ1v) is 8.22. The Bertz CT molecular complexity index is 750. The van der Waals surface area contributed by atoms with Crippen LogP contribution in [0.4, 0.5) is 0 Å². The van der Waals surface area contributed by atoms with E-state index in [9.17, 15) is 4.79 Å². The minimum atomic E-state index is -0.459. The van der Waals surface area contributed by atoms with E-state index >= 15 is 0 Å². The van der Waals surface area contributed by atoms with E-state index in [0.29, 0.717) is 0 Å². The van der Waals surface area contributed by atoms with E-state index in [1.54, 1.807) is 6.21 Å². The van der Waals surface area contributed by atoms with Crippen molar-refractivity contribution in [2.45, 2.75) is 23.5 Å². The maximum absolute atomic E-state index is 12.1. The topological polar surface area (TPSA) is 57.2 Å². The maximum atomic E-state index is 12.1. The van der Waals surface area contributed by atoms with Crippen molar-refractivity contribution >= 4 is 54.9 Å². The number of rotatable bonds is 3. The number of alkyl halides is 2. The summed E-state index contributed by atoms with van der Waals surface area (Å²) in [5, 5.41) is 5.21. The smallest absolute Gasteiger partial charge is 0.248 e. The Morgan fingerprint density at radius 1 is 1.43 bits per heavy atom. The molecule has 0 bridgehead atoms. The van der Waals surface area contributed by atoms with Gasteiger partial charge in [-0.1, -0.05) is 50.1 Å². The molecule has 4 nitrogen and oxygen atoms in total. The lowest BCUT2D eigenvalue weighted by Gasteiger charge is -2.09. The fourth-order valence-electron chi connectivity index (χ4n) is 2.39. The summed E-state index contributed by atoms with van der Waals surface area (Å²) in [6.45, 7) is 3.89. The summed E-state index contributed by atoms with van der Waals surface area (Å²) < 4.78 is -0.302. The van der Waals surface area contributed by atoms with E-state index in [1.165, 1.54) is 0 Å². The van der Waals surface area contributed by atoms with E-state index in [2.05, 4.69) is 47.4 Å². The van der Waals surface area contributed by atoms with Crippen LogP contribution in [0.25, 0.3) is 10.9 Å². The fourth-order valence-corrected chi connectivity index (χ4v) is 3.87. The Morgan fingerprint density at radius 3 is 2.76 bits per heavy atom. The van der Waals surface area contributed by atoms with Crippen LogP contribution in [0.2, 0.25) is 0 Å². The highest BCUT2D eigenvalue weighted by molar-refractivity contribution is 9.25. The second-order valence-electron chi connectivity index (χ2n) is 5.62. The van der Waals surface area contributed by atoms with Crippen molar-refractivity contribution in [3.05, 3.63) is 35.5 Å². The molecule has 1 saturated carbocycles. The minimum absolute atomic E-state index is 0.0926. The van der Waals surface area contributed by atoms with Crippen LogP contribution >= 0.6 is 31.9 Å². The lowest BCUT2D eigenvalue weighted by atomic mass is 10.1. The molecule has 1 aliphatic carbocycles. The number of aromatic nitrogens is 1. The van der Waals surface area contributed by atoms with Crippen LogP contribution in [-0.4, -0.2) is 20.3 Å². The molecule has 2 aromatic rings. The van der Waals surface area contributed by atoms with E-state index in [0.717, 1.165) is 28.6 Å². The number of benzene rings is 1. The van der Waals surface area contributed by atoms with Crippen molar-refractivity contribution in [3.8, 4) is 0 Å². The number of amides is 1. The molecule has 2 N–H and O–H groups in total. The molecule has 0 radical (unpaired) electrons. The van der Waals surface area contributed by atoms with Gasteiger partial charge in [0, 0.05) is 22.2 Å². The molecule has 0 spiro atoms. The number of nitrogens with one attached hydrogen (secondary N) is 2. The number of carbonyl (C=O) groups is 1. The second-order valence-corrected chi connectivity index (χ2v) is 9.39. The highest BCUT2D eigenvalue weighted by atomic mass is 79.9. The molecule has 0 saturated heterocycles. The van der Waals surface area contributed by atoms with Crippen LogP contribution in [0.3, 0.4) is 0 Å². The third kappa shape index (κ3) is 2.44.